The van der Waals surface area contributed by atoms with Gasteiger partial charge in [0.1, 0.15) is 0 Å². The lowest BCUT2D eigenvalue weighted by molar-refractivity contribution is 0.0593. The van der Waals surface area contributed by atoms with Crippen LogP contribution in [-0.4, -0.2) is 33.1 Å². The number of aromatic nitrogens is 4. The first-order valence-electron chi connectivity index (χ1n) is 4.44. The van der Waals surface area contributed by atoms with E-state index in [1.165, 1.54) is 18.1 Å². The van der Waals surface area contributed by atoms with E-state index in [2.05, 4.69) is 42.5 Å². The number of esters is 1. The highest BCUT2D eigenvalue weighted by Gasteiger charge is 2.13. The van der Waals surface area contributed by atoms with Gasteiger partial charge in [0.05, 0.1) is 18.3 Å². The Labute approximate surface area is 115 Å². The van der Waals surface area contributed by atoms with Gasteiger partial charge in [0.25, 0.3) is 0 Å². The normalized spacial score (nSPS) is 10.3. The molecular weight excluding hydrogens is 358 g/mol. The van der Waals surface area contributed by atoms with E-state index in [1.807, 2.05) is 0 Å². The Morgan fingerprint density at radius 1 is 1.53 bits per heavy atom. The molecular formula is C9H6ClIN4O2. The van der Waals surface area contributed by atoms with E-state index in [0.717, 1.165) is 3.57 Å². The van der Waals surface area contributed by atoms with E-state index in [9.17, 15) is 4.79 Å². The first-order chi connectivity index (χ1) is 8.11. The third-order valence-corrected chi connectivity index (χ3v) is 2.73. The third-order valence-electron chi connectivity index (χ3n) is 1.86. The van der Waals surface area contributed by atoms with Gasteiger partial charge in [-0.15, -0.1) is 9.90 Å². The molecule has 2 rings (SSSR count). The van der Waals surface area contributed by atoms with E-state index in [0.29, 0.717) is 10.8 Å². The molecule has 0 atom stereocenters. The zero-order valence-electron chi connectivity index (χ0n) is 8.59. The van der Waals surface area contributed by atoms with Gasteiger partial charge >= 0.3 is 5.97 Å². The second-order valence-electron chi connectivity index (χ2n) is 2.97. The molecule has 0 aliphatic carbocycles. The van der Waals surface area contributed by atoms with Crippen molar-refractivity contribution >= 4 is 40.2 Å². The number of nitrogens with zero attached hydrogens (tertiary/aromatic N) is 4. The maximum Gasteiger partial charge on any atom is 0.360 e. The van der Waals surface area contributed by atoms with E-state index in [-0.39, 0.29) is 5.69 Å². The van der Waals surface area contributed by atoms with Crippen LogP contribution in [0.1, 0.15) is 10.5 Å². The summed E-state index contributed by atoms with van der Waals surface area (Å²) in [4.78, 5) is 16.5. The molecule has 0 aromatic carbocycles. The Kier molecular flexibility index (Phi) is 3.57. The van der Waals surface area contributed by atoms with Gasteiger partial charge in [-0.1, -0.05) is 11.6 Å². The number of hydrogen-bond acceptors (Lipinski definition) is 5. The summed E-state index contributed by atoms with van der Waals surface area (Å²) >= 11 is 8.09. The minimum atomic E-state index is -0.558. The number of halogens is 2. The summed E-state index contributed by atoms with van der Waals surface area (Å²) in [6, 6.07) is 1.73. The Bertz CT molecular complexity index is 572. The molecule has 0 aliphatic heterocycles. The highest BCUT2D eigenvalue weighted by molar-refractivity contribution is 14.1. The predicted molar refractivity (Wildman–Crippen MR) is 68.2 cm³/mol. The van der Waals surface area contributed by atoms with E-state index in [4.69, 9.17) is 11.6 Å². The molecule has 0 saturated carbocycles. The maximum atomic E-state index is 11.2. The van der Waals surface area contributed by atoms with Crippen LogP contribution in [0.3, 0.4) is 0 Å². The predicted octanol–water partition coefficient (Wildman–Crippen LogP) is 1.71. The summed E-state index contributed by atoms with van der Waals surface area (Å²) in [6.07, 6.45) is 2.92. The van der Waals surface area contributed by atoms with Crippen molar-refractivity contribution in [3.8, 4) is 5.82 Å². The van der Waals surface area contributed by atoms with E-state index >= 15 is 0 Å². The molecule has 17 heavy (non-hydrogen) atoms. The fourth-order valence-corrected chi connectivity index (χ4v) is 1.99. The number of hydrogen-bond donors (Lipinski definition) is 0. The van der Waals surface area contributed by atoms with Crippen molar-refractivity contribution in [2.24, 2.45) is 0 Å². The fourth-order valence-electron chi connectivity index (χ4n) is 1.12. The topological polar surface area (TPSA) is 69.9 Å². The highest BCUT2D eigenvalue weighted by Crippen LogP contribution is 2.18. The summed E-state index contributed by atoms with van der Waals surface area (Å²) in [7, 11) is 1.28. The molecule has 0 N–H and O–H groups in total. The summed E-state index contributed by atoms with van der Waals surface area (Å²) in [5.74, 6) is -0.194. The number of ether oxygens (including phenoxy) is 1. The van der Waals surface area contributed by atoms with Gasteiger partial charge in [-0.05, 0) is 28.7 Å². The van der Waals surface area contributed by atoms with Crippen LogP contribution in [-0.2, 0) is 4.74 Å². The maximum absolute atomic E-state index is 11.2. The number of methoxy groups -OCH3 is 1. The SMILES string of the molecule is COC(=O)c1cnn(-c2ncc(I)cc2Cl)n1. The quantitative estimate of drug-likeness (QED) is 0.599. The number of rotatable bonds is 2. The smallest absolute Gasteiger partial charge is 0.360 e. The lowest BCUT2D eigenvalue weighted by Gasteiger charge is -2.01. The van der Waals surface area contributed by atoms with Crippen LogP contribution in [0.25, 0.3) is 5.82 Å². The molecule has 0 aliphatic rings. The van der Waals surface area contributed by atoms with Crippen LogP contribution in [0.2, 0.25) is 5.02 Å². The Balaban J connectivity index is 2.40. The van der Waals surface area contributed by atoms with Gasteiger partial charge in [-0.25, -0.2) is 9.78 Å². The highest BCUT2D eigenvalue weighted by atomic mass is 127. The summed E-state index contributed by atoms with van der Waals surface area (Å²) in [5.41, 5.74) is 0.101. The molecule has 2 aromatic heterocycles. The van der Waals surface area contributed by atoms with Crippen LogP contribution in [0.5, 0.6) is 0 Å². The molecule has 0 fully saturated rings. The zero-order chi connectivity index (χ0) is 12.4. The Morgan fingerprint density at radius 3 is 2.94 bits per heavy atom. The number of carbonyl (C=O) groups is 1. The lowest BCUT2D eigenvalue weighted by atomic mass is 10.5. The molecule has 0 amide bonds. The van der Waals surface area contributed by atoms with Gasteiger partial charge in [-0.2, -0.15) is 5.10 Å². The zero-order valence-corrected chi connectivity index (χ0v) is 11.5. The van der Waals surface area contributed by atoms with Crippen molar-refractivity contribution in [1.82, 2.24) is 20.0 Å². The minimum absolute atomic E-state index is 0.101. The van der Waals surface area contributed by atoms with Crippen molar-refractivity contribution in [3.05, 3.63) is 32.7 Å². The fraction of sp³-hybridized carbons (Fsp3) is 0.111. The molecule has 0 unspecified atom stereocenters. The first-order valence-corrected chi connectivity index (χ1v) is 5.89. The summed E-state index contributed by atoms with van der Waals surface area (Å²) in [5, 5.41) is 8.23. The molecule has 0 spiro atoms. The van der Waals surface area contributed by atoms with Crippen LogP contribution < -0.4 is 0 Å². The second kappa shape index (κ2) is 4.96. The molecule has 0 saturated heterocycles. The molecule has 2 aromatic rings. The van der Waals surface area contributed by atoms with Crippen LogP contribution in [0.4, 0.5) is 0 Å². The van der Waals surface area contributed by atoms with Gasteiger partial charge in [0.2, 0.25) is 0 Å². The molecule has 0 bridgehead atoms. The van der Waals surface area contributed by atoms with Gasteiger partial charge in [0, 0.05) is 9.77 Å². The second-order valence-corrected chi connectivity index (χ2v) is 4.62. The Morgan fingerprint density at radius 2 is 2.29 bits per heavy atom. The van der Waals surface area contributed by atoms with Crippen LogP contribution in [0, 0.1) is 3.57 Å². The van der Waals surface area contributed by atoms with Crippen molar-refractivity contribution < 1.29 is 9.53 Å². The van der Waals surface area contributed by atoms with Gasteiger partial charge in [0.15, 0.2) is 11.5 Å². The van der Waals surface area contributed by atoms with Crippen molar-refractivity contribution in [2.75, 3.05) is 7.11 Å². The van der Waals surface area contributed by atoms with Crippen molar-refractivity contribution in [3.63, 3.8) is 0 Å². The van der Waals surface area contributed by atoms with Gasteiger partial charge < -0.3 is 4.74 Å². The van der Waals surface area contributed by atoms with Gasteiger partial charge in [-0.3, -0.25) is 0 Å². The third kappa shape index (κ3) is 2.55. The number of carbonyl (C=O) groups excluding carboxylic acids is 1. The largest absolute Gasteiger partial charge is 0.464 e. The van der Waals surface area contributed by atoms with Crippen LogP contribution in [0.15, 0.2) is 18.5 Å². The average molecular weight is 365 g/mol. The molecule has 88 valence electrons. The summed E-state index contributed by atoms with van der Waals surface area (Å²) < 4.78 is 5.43. The molecule has 8 heteroatoms. The van der Waals surface area contributed by atoms with E-state index < -0.39 is 5.97 Å². The standard InChI is InChI=1S/C9H6ClIN4O2/c1-17-9(16)7-4-13-15(14-7)8-6(10)2-5(11)3-12-8/h2-4H,1H3. The first kappa shape index (κ1) is 12.2. The minimum Gasteiger partial charge on any atom is -0.464 e. The van der Waals surface area contributed by atoms with E-state index in [1.54, 1.807) is 12.3 Å². The Hall–Kier alpha value is -1.22. The molecule has 0 radical (unpaired) electrons. The molecule has 6 nitrogen and oxygen atoms in total. The summed E-state index contributed by atoms with van der Waals surface area (Å²) in [6.45, 7) is 0. The van der Waals surface area contributed by atoms with Crippen molar-refractivity contribution in [2.45, 2.75) is 0 Å². The number of pyridine rings is 1. The lowest BCUT2D eigenvalue weighted by Crippen LogP contribution is -2.06. The average Bonchev–Trinajstić information content (AvgIpc) is 2.77. The van der Waals surface area contributed by atoms with Crippen molar-refractivity contribution in [1.29, 1.82) is 0 Å². The van der Waals surface area contributed by atoms with Crippen LogP contribution >= 0.6 is 34.2 Å². The molecule has 2 heterocycles. The monoisotopic (exact) mass is 364 g/mol.